The third-order valence-corrected chi connectivity index (χ3v) is 5.20. The molecule has 1 aromatic heterocycles. The second-order valence-corrected chi connectivity index (χ2v) is 7.68. The van der Waals surface area contributed by atoms with Gasteiger partial charge >= 0.3 is 0 Å². The highest BCUT2D eigenvalue weighted by Gasteiger charge is 2.12. The van der Waals surface area contributed by atoms with Crippen LogP contribution >= 0.6 is 27.3 Å². The molecule has 0 spiro atoms. The number of thiazole rings is 1. The predicted octanol–water partition coefficient (Wildman–Crippen LogP) is 5.17. The van der Waals surface area contributed by atoms with E-state index in [1.807, 2.05) is 18.2 Å². The second kappa shape index (κ2) is 6.42. The van der Waals surface area contributed by atoms with E-state index in [1.54, 1.807) is 0 Å². The molecule has 0 aliphatic heterocycles. The Balaban J connectivity index is 1.78. The molecule has 1 heterocycles. The van der Waals surface area contributed by atoms with Gasteiger partial charge in [-0.3, -0.25) is 4.79 Å². The van der Waals surface area contributed by atoms with Gasteiger partial charge in [0.25, 0.3) is 0 Å². The average Bonchev–Trinajstić information content (AvgIpc) is 2.84. The van der Waals surface area contributed by atoms with Gasteiger partial charge in [-0.15, -0.1) is 0 Å². The molecule has 0 aliphatic carbocycles. The van der Waals surface area contributed by atoms with Gasteiger partial charge in [0.05, 0.1) is 16.6 Å². The summed E-state index contributed by atoms with van der Waals surface area (Å²) in [5.74, 6) is -0.0295. The average molecular weight is 389 g/mol. The van der Waals surface area contributed by atoms with Crippen LogP contribution in [0.2, 0.25) is 0 Å². The van der Waals surface area contributed by atoms with Gasteiger partial charge in [0.15, 0.2) is 5.13 Å². The van der Waals surface area contributed by atoms with Crippen molar-refractivity contribution in [1.82, 2.24) is 4.98 Å². The molecule has 0 atom stereocenters. The first-order valence-corrected chi connectivity index (χ1v) is 8.96. The van der Waals surface area contributed by atoms with Crippen molar-refractivity contribution >= 4 is 48.5 Å². The lowest BCUT2D eigenvalue weighted by Crippen LogP contribution is -2.15. The number of carbonyl (C=O) groups excluding carboxylic acids is 1. The van der Waals surface area contributed by atoms with Gasteiger partial charge < -0.3 is 5.32 Å². The van der Waals surface area contributed by atoms with E-state index in [2.05, 4.69) is 59.1 Å². The number of aromatic nitrogens is 1. The first-order valence-electron chi connectivity index (χ1n) is 7.35. The van der Waals surface area contributed by atoms with Crippen LogP contribution in [-0.2, 0) is 11.2 Å². The van der Waals surface area contributed by atoms with Gasteiger partial charge in [-0.1, -0.05) is 45.0 Å². The third-order valence-electron chi connectivity index (χ3n) is 3.77. The van der Waals surface area contributed by atoms with Gasteiger partial charge in [-0.2, -0.15) is 0 Å². The number of hydrogen-bond acceptors (Lipinski definition) is 3. The van der Waals surface area contributed by atoms with Gasteiger partial charge in [0, 0.05) is 4.47 Å². The molecule has 3 aromatic rings. The Kier molecular flexibility index (Phi) is 4.50. The summed E-state index contributed by atoms with van der Waals surface area (Å²) in [5, 5.41) is 3.57. The topological polar surface area (TPSA) is 42.0 Å². The van der Waals surface area contributed by atoms with Crippen LogP contribution < -0.4 is 5.32 Å². The van der Waals surface area contributed by atoms with E-state index in [0.29, 0.717) is 11.6 Å². The Morgan fingerprint density at radius 3 is 2.57 bits per heavy atom. The lowest BCUT2D eigenvalue weighted by Gasteiger charge is -2.10. The monoisotopic (exact) mass is 388 g/mol. The maximum atomic E-state index is 12.4. The SMILES string of the molecule is Cc1cc(C)c(CC(=O)Nc2nc3ccc(Br)cc3s2)c(C)c1. The minimum absolute atomic E-state index is 0.0295. The molecule has 0 aliphatic rings. The fraction of sp³-hybridized carbons (Fsp3) is 0.222. The van der Waals surface area contributed by atoms with Crippen molar-refractivity contribution in [2.75, 3.05) is 5.32 Å². The number of anilines is 1. The highest BCUT2D eigenvalue weighted by Crippen LogP contribution is 2.28. The fourth-order valence-electron chi connectivity index (χ4n) is 2.76. The van der Waals surface area contributed by atoms with Crippen molar-refractivity contribution < 1.29 is 4.79 Å². The molecule has 118 valence electrons. The van der Waals surface area contributed by atoms with Crippen LogP contribution in [0, 0.1) is 20.8 Å². The number of benzene rings is 2. The lowest BCUT2D eigenvalue weighted by atomic mass is 9.97. The molecule has 0 saturated carbocycles. The van der Waals surface area contributed by atoms with E-state index in [1.165, 1.54) is 16.9 Å². The van der Waals surface area contributed by atoms with Crippen molar-refractivity contribution in [2.45, 2.75) is 27.2 Å². The van der Waals surface area contributed by atoms with Crippen molar-refractivity contribution in [3.63, 3.8) is 0 Å². The normalized spacial score (nSPS) is 11.0. The van der Waals surface area contributed by atoms with Crippen LogP contribution in [0.25, 0.3) is 10.2 Å². The summed E-state index contributed by atoms with van der Waals surface area (Å²) in [6.07, 6.45) is 0.373. The summed E-state index contributed by atoms with van der Waals surface area (Å²) < 4.78 is 2.06. The van der Waals surface area contributed by atoms with Crippen LogP contribution in [0.5, 0.6) is 0 Å². The largest absolute Gasteiger partial charge is 0.302 e. The quantitative estimate of drug-likeness (QED) is 0.672. The van der Waals surface area contributed by atoms with Gasteiger partial charge in [-0.05, 0) is 55.7 Å². The zero-order valence-corrected chi connectivity index (χ0v) is 15.6. The number of rotatable bonds is 3. The molecule has 3 rings (SSSR count). The standard InChI is InChI=1S/C18H17BrN2OS/c1-10-6-11(2)14(12(3)7-10)9-17(22)21-18-20-15-5-4-13(19)8-16(15)23-18/h4-8H,9H2,1-3H3,(H,20,21,22). The number of nitrogens with one attached hydrogen (secondary N) is 1. The fourth-order valence-corrected chi connectivity index (χ4v) is 4.20. The molecule has 0 fully saturated rings. The lowest BCUT2D eigenvalue weighted by molar-refractivity contribution is -0.115. The van der Waals surface area contributed by atoms with E-state index in [4.69, 9.17) is 0 Å². The van der Waals surface area contributed by atoms with Crippen LogP contribution in [0.4, 0.5) is 5.13 Å². The van der Waals surface area contributed by atoms with E-state index in [-0.39, 0.29) is 5.91 Å². The number of hydrogen-bond donors (Lipinski definition) is 1. The smallest absolute Gasteiger partial charge is 0.230 e. The Labute approximate surface area is 147 Å². The molecular weight excluding hydrogens is 372 g/mol. The van der Waals surface area contributed by atoms with E-state index in [9.17, 15) is 4.79 Å². The Hall–Kier alpha value is -1.72. The van der Waals surface area contributed by atoms with Crippen molar-refractivity contribution in [3.8, 4) is 0 Å². The number of nitrogens with zero attached hydrogens (tertiary/aromatic N) is 1. The molecule has 0 bridgehead atoms. The number of fused-ring (bicyclic) bond motifs is 1. The van der Waals surface area contributed by atoms with Crippen LogP contribution in [0.1, 0.15) is 22.3 Å². The van der Waals surface area contributed by atoms with Crippen molar-refractivity contribution in [3.05, 3.63) is 57.1 Å². The number of halogens is 1. The highest BCUT2D eigenvalue weighted by molar-refractivity contribution is 9.10. The van der Waals surface area contributed by atoms with Crippen LogP contribution in [-0.4, -0.2) is 10.9 Å². The molecule has 0 radical (unpaired) electrons. The van der Waals surface area contributed by atoms with Gasteiger partial charge in [0.2, 0.25) is 5.91 Å². The molecule has 0 saturated heterocycles. The summed E-state index contributed by atoms with van der Waals surface area (Å²) >= 11 is 4.94. The van der Waals surface area contributed by atoms with Crippen LogP contribution in [0.15, 0.2) is 34.8 Å². The van der Waals surface area contributed by atoms with Gasteiger partial charge in [-0.25, -0.2) is 4.98 Å². The summed E-state index contributed by atoms with van der Waals surface area (Å²) in [6.45, 7) is 6.18. The zero-order chi connectivity index (χ0) is 16.6. The second-order valence-electron chi connectivity index (χ2n) is 5.73. The van der Waals surface area contributed by atoms with Crippen molar-refractivity contribution in [2.24, 2.45) is 0 Å². The van der Waals surface area contributed by atoms with E-state index < -0.39 is 0 Å². The van der Waals surface area contributed by atoms with Gasteiger partial charge in [0.1, 0.15) is 0 Å². The molecule has 5 heteroatoms. The summed E-state index contributed by atoms with van der Waals surface area (Å²) in [4.78, 5) is 16.8. The number of amides is 1. The maximum Gasteiger partial charge on any atom is 0.230 e. The first-order chi connectivity index (χ1) is 10.9. The summed E-state index contributed by atoms with van der Waals surface area (Å²) in [7, 11) is 0. The van der Waals surface area contributed by atoms with Crippen molar-refractivity contribution in [1.29, 1.82) is 0 Å². The predicted molar refractivity (Wildman–Crippen MR) is 100 cm³/mol. The molecule has 23 heavy (non-hydrogen) atoms. The molecule has 1 N–H and O–H groups in total. The van der Waals surface area contributed by atoms with Crippen LogP contribution in [0.3, 0.4) is 0 Å². The Bertz CT molecular complexity index is 878. The van der Waals surface area contributed by atoms with E-state index in [0.717, 1.165) is 31.4 Å². The zero-order valence-electron chi connectivity index (χ0n) is 13.2. The van der Waals surface area contributed by atoms with E-state index >= 15 is 0 Å². The molecule has 1 amide bonds. The Morgan fingerprint density at radius 1 is 1.17 bits per heavy atom. The Morgan fingerprint density at radius 2 is 1.87 bits per heavy atom. The number of aryl methyl sites for hydroxylation is 3. The number of carbonyl (C=O) groups is 1. The third kappa shape index (κ3) is 3.62. The first kappa shape index (κ1) is 16.1. The molecule has 3 nitrogen and oxygen atoms in total. The molecule has 2 aromatic carbocycles. The molecular formula is C18H17BrN2OS. The minimum atomic E-state index is -0.0295. The summed E-state index contributed by atoms with van der Waals surface area (Å²) in [6, 6.07) is 10.1. The molecule has 0 unspecified atom stereocenters. The highest BCUT2D eigenvalue weighted by atomic mass is 79.9. The summed E-state index contributed by atoms with van der Waals surface area (Å²) in [5.41, 5.74) is 5.53. The minimum Gasteiger partial charge on any atom is -0.302 e. The maximum absolute atomic E-state index is 12.4.